The Kier molecular flexibility index (Phi) is 3.89. The molecule has 0 spiro atoms. The monoisotopic (exact) mass is 333 g/mol. The summed E-state index contributed by atoms with van der Waals surface area (Å²) in [5.74, 6) is -0.813. The number of halogens is 1. The van der Waals surface area contributed by atoms with Gasteiger partial charge in [0.25, 0.3) is 0 Å². The molecule has 0 saturated heterocycles. The Labute approximate surface area is 109 Å². The summed E-state index contributed by atoms with van der Waals surface area (Å²) in [5, 5.41) is 9.16. The van der Waals surface area contributed by atoms with E-state index in [2.05, 4.69) is 22.6 Å². The van der Waals surface area contributed by atoms with Gasteiger partial charge in [0, 0.05) is 15.8 Å². The summed E-state index contributed by atoms with van der Waals surface area (Å²) >= 11 is 2.18. The van der Waals surface area contributed by atoms with Crippen LogP contribution in [0.15, 0.2) is 12.3 Å². The maximum atomic E-state index is 11.1. The average Bonchev–Trinajstić information content (AvgIpc) is 2.49. The van der Waals surface area contributed by atoms with Crippen LogP contribution >= 0.6 is 22.6 Å². The van der Waals surface area contributed by atoms with Crippen molar-refractivity contribution in [1.29, 1.82) is 0 Å². The third-order valence-electron chi connectivity index (χ3n) is 3.25. The summed E-state index contributed by atoms with van der Waals surface area (Å²) < 4.78 is 2.98. The maximum absolute atomic E-state index is 11.1. The van der Waals surface area contributed by atoms with E-state index < -0.39 is 5.97 Å². The molecule has 0 atom stereocenters. The largest absolute Gasteiger partial charge is 0.477 e. The minimum absolute atomic E-state index is 0.386. The van der Waals surface area contributed by atoms with E-state index in [1.807, 2.05) is 10.8 Å². The Balaban J connectivity index is 2.26. The highest BCUT2D eigenvalue weighted by Crippen LogP contribution is 2.29. The van der Waals surface area contributed by atoms with Crippen molar-refractivity contribution in [2.75, 3.05) is 0 Å². The molecule has 3 nitrogen and oxygen atoms in total. The molecule has 0 radical (unpaired) electrons. The lowest BCUT2D eigenvalue weighted by molar-refractivity contribution is 0.0682. The molecular weight excluding hydrogens is 317 g/mol. The number of aromatic carboxylic acids is 1. The molecule has 0 aromatic carbocycles. The highest BCUT2D eigenvalue weighted by Gasteiger charge is 2.20. The van der Waals surface area contributed by atoms with E-state index in [1.54, 1.807) is 6.07 Å². The van der Waals surface area contributed by atoms with Crippen LogP contribution in [0.3, 0.4) is 0 Å². The third kappa shape index (κ3) is 2.59. The quantitative estimate of drug-likeness (QED) is 0.663. The summed E-state index contributed by atoms with van der Waals surface area (Å²) in [5.41, 5.74) is 0.441. The number of carboxylic acids is 1. The molecule has 16 heavy (non-hydrogen) atoms. The number of carboxylic acid groups (broad SMARTS) is 1. The van der Waals surface area contributed by atoms with Crippen LogP contribution in [0.4, 0.5) is 0 Å². The van der Waals surface area contributed by atoms with Crippen molar-refractivity contribution < 1.29 is 9.90 Å². The number of carbonyl (C=O) groups is 1. The molecule has 1 saturated carbocycles. The topological polar surface area (TPSA) is 42.2 Å². The molecular formula is C12H16INO2. The van der Waals surface area contributed by atoms with Crippen molar-refractivity contribution in [1.82, 2.24) is 4.57 Å². The van der Waals surface area contributed by atoms with Crippen LogP contribution in [-0.4, -0.2) is 15.6 Å². The number of hydrogen-bond acceptors (Lipinski definition) is 1. The number of hydrogen-bond donors (Lipinski definition) is 1. The van der Waals surface area contributed by atoms with E-state index in [0.29, 0.717) is 11.7 Å². The first-order valence-electron chi connectivity index (χ1n) is 5.79. The molecule has 0 unspecified atom stereocenters. The van der Waals surface area contributed by atoms with Crippen molar-refractivity contribution in [2.45, 2.75) is 44.6 Å². The highest BCUT2D eigenvalue weighted by molar-refractivity contribution is 14.1. The number of nitrogens with zero attached hydrogens (tertiary/aromatic N) is 1. The minimum Gasteiger partial charge on any atom is -0.477 e. The first-order valence-corrected chi connectivity index (χ1v) is 6.87. The molecule has 4 heteroatoms. The van der Waals surface area contributed by atoms with Gasteiger partial charge in [-0.1, -0.05) is 25.7 Å². The van der Waals surface area contributed by atoms with Crippen LogP contribution in [0, 0.1) is 3.57 Å². The van der Waals surface area contributed by atoms with Gasteiger partial charge in [-0.05, 0) is 41.5 Å². The van der Waals surface area contributed by atoms with Crippen LogP contribution in [0.1, 0.15) is 55.1 Å². The van der Waals surface area contributed by atoms with E-state index >= 15 is 0 Å². The van der Waals surface area contributed by atoms with E-state index in [0.717, 1.165) is 16.4 Å². The van der Waals surface area contributed by atoms with Gasteiger partial charge in [0.05, 0.1) is 0 Å². The zero-order chi connectivity index (χ0) is 11.5. The van der Waals surface area contributed by atoms with Crippen molar-refractivity contribution in [3.63, 3.8) is 0 Å². The third-order valence-corrected chi connectivity index (χ3v) is 3.84. The lowest BCUT2D eigenvalue weighted by Gasteiger charge is -2.18. The second-order valence-electron chi connectivity index (χ2n) is 4.40. The minimum atomic E-state index is -0.813. The van der Waals surface area contributed by atoms with Crippen molar-refractivity contribution in [2.24, 2.45) is 0 Å². The smallest absolute Gasteiger partial charge is 0.352 e. The Bertz CT molecular complexity index is 378. The van der Waals surface area contributed by atoms with Crippen LogP contribution in [-0.2, 0) is 0 Å². The van der Waals surface area contributed by atoms with E-state index in [4.69, 9.17) is 5.11 Å². The lowest BCUT2D eigenvalue weighted by Crippen LogP contribution is -2.13. The molecule has 1 aliphatic carbocycles. The molecule has 1 heterocycles. The van der Waals surface area contributed by atoms with Gasteiger partial charge in [-0.25, -0.2) is 4.79 Å². The van der Waals surface area contributed by atoms with Gasteiger partial charge < -0.3 is 9.67 Å². The van der Waals surface area contributed by atoms with Crippen LogP contribution in [0.2, 0.25) is 0 Å². The summed E-state index contributed by atoms with van der Waals surface area (Å²) in [6.45, 7) is 0. The zero-order valence-electron chi connectivity index (χ0n) is 9.16. The molecule has 88 valence electrons. The molecule has 0 bridgehead atoms. The highest BCUT2D eigenvalue weighted by atomic mass is 127. The van der Waals surface area contributed by atoms with Crippen LogP contribution < -0.4 is 0 Å². The molecule has 1 aliphatic rings. The first kappa shape index (κ1) is 12.0. The van der Waals surface area contributed by atoms with Gasteiger partial charge in [-0.3, -0.25) is 0 Å². The number of aromatic nitrogens is 1. The van der Waals surface area contributed by atoms with Gasteiger partial charge in [-0.15, -0.1) is 0 Å². The van der Waals surface area contributed by atoms with Gasteiger partial charge in [-0.2, -0.15) is 0 Å². The van der Waals surface area contributed by atoms with Crippen molar-refractivity contribution >= 4 is 28.6 Å². The van der Waals surface area contributed by atoms with Crippen LogP contribution in [0.25, 0.3) is 0 Å². The lowest BCUT2D eigenvalue weighted by atomic mass is 10.1. The molecule has 1 aromatic heterocycles. The molecule has 0 aliphatic heterocycles. The maximum Gasteiger partial charge on any atom is 0.352 e. The Morgan fingerprint density at radius 3 is 2.50 bits per heavy atom. The van der Waals surface area contributed by atoms with E-state index in [9.17, 15) is 4.79 Å². The molecule has 1 N–H and O–H groups in total. The number of rotatable bonds is 2. The van der Waals surface area contributed by atoms with Gasteiger partial charge in [0.2, 0.25) is 0 Å². The Hall–Kier alpha value is -0.520. The summed E-state index contributed by atoms with van der Waals surface area (Å²) in [7, 11) is 0. The first-order chi connectivity index (χ1) is 7.68. The summed E-state index contributed by atoms with van der Waals surface area (Å²) in [6.07, 6.45) is 9.22. The molecule has 0 amide bonds. The van der Waals surface area contributed by atoms with Crippen LogP contribution in [0.5, 0.6) is 0 Å². The zero-order valence-corrected chi connectivity index (χ0v) is 11.3. The average molecular weight is 333 g/mol. The fourth-order valence-corrected chi connectivity index (χ4v) is 3.05. The standard InChI is InChI=1S/C12H16INO2/c13-9-7-11(12(15)16)14(8-9)10-5-3-1-2-4-6-10/h7-8,10H,1-6H2,(H,15,16). The van der Waals surface area contributed by atoms with Gasteiger partial charge in [0.15, 0.2) is 0 Å². The Morgan fingerprint density at radius 1 is 1.31 bits per heavy atom. The molecule has 1 fully saturated rings. The SMILES string of the molecule is O=C(O)c1cc(I)cn1C1CCCCCC1. The van der Waals surface area contributed by atoms with Gasteiger partial charge >= 0.3 is 5.97 Å². The predicted molar refractivity (Wildman–Crippen MR) is 70.8 cm³/mol. The van der Waals surface area contributed by atoms with E-state index in [-0.39, 0.29) is 0 Å². The second-order valence-corrected chi connectivity index (χ2v) is 5.65. The normalized spacial score (nSPS) is 18.3. The second kappa shape index (κ2) is 5.21. The van der Waals surface area contributed by atoms with Gasteiger partial charge in [0.1, 0.15) is 5.69 Å². The molecule has 1 aromatic rings. The fraction of sp³-hybridized carbons (Fsp3) is 0.583. The van der Waals surface area contributed by atoms with E-state index in [1.165, 1.54) is 25.7 Å². The van der Waals surface area contributed by atoms with Crippen molar-refractivity contribution in [3.8, 4) is 0 Å². The fourth-order valence-electron chi connectivity index (χ4n) is 2.46. The Morgan fingerprint density at radius 2 is 1.94 bits per heavy atom. The predicted octanol–water partition coefficient (Wildman–Crippen LogP) is 3.69. The van der Waals surface area contributed by atoms with Crippen molar-refractivity contribution in [3.05, 3.63) is 21.5 Å². The molecule has 2 rings (SSSR count). The summed E-state index contributed by atoms with van der Waals surface area (Å²) in [4.78, 5) is 11.1. The summed E-state index contributed by atoms with van der Waals surface area (Å²) in [6, 6.07) is 2.14.